The van der Waals surface area contributed by atoms with Crippen molar-refractivity contribution >= 4 is 28.2 Å². The lowest BCUT2D eigenvalue weighted by molar-refractivity contribution is -0.384. The van der Waals surface area contributed by atoms with Crippen molar-refractivity contribution in [3.05, 3.63) is 69.9 Å². The average molecular weight is 337 g/mol. The Hall–Kier alpha value is -3.48. The molecule has 1 N–H and O–H groups in total. The van der Waals surface area contributed by atoms with Crippen molar-refractivity contribution in [3.63, 3.8) is 0 Å². The Balaban J connectivity index is 1.93. The van der Waals surface area contributed by atoms with E-state index in [2.05, 4.69) is 10.3 Å². The van der Waals surface area contributed by atoms with Crippen LogP contribution in [0.25, 0.3) is 10.9 Å². The van der Waals surface area contributed by atoms with E-state index in [1.165, 1.54) is 18.2 Å². The van der Waals surface area contributed by atoms with Crippen molar-refractivity contribution < 1.29 is 14.5 Å². The zero-order chi connectivity index (χ0) is 18.0. The maximum Gasteiger partial charge on any atom is 0.271 e. The van der Waals surface area contributed by atoms with Crippen LogP contribution in [0.15, 0.2) is 48.5 Å². The second kappa shape index (κ2) is 6.56. The van der Waals surface area contributed by atoms with E-state index >= 15 is 0 Å². The van der Waals surface area contributed by atoms with E-state index in [0.717, 1.165) is 10.9 Å². The van der Waals surface area contributed by atoms with Gasteiger partial charge in [-0.3, -0.25) is 19.9 Å². The topological polar surface area (TPSA) is 94.4 Å². The molecule has 0 spiro atoms. The van der Waals surface area contributed by atoms with Crippen molar-refractivity contribution in [3.8, 4) is 5.75 Å². The van der Waals surface area contributed by atoms with Crippen LogP contribution in [0, 0.1) is 17.0 Å². The summed E-state index contributed by atoms with van der Waals surface area (Å²) in [6.45, 7) is 1.74. The van der Waals surface area contributed by atoms with E-state index in [-0.39, 0.29) is 11.6 Å². The second-order valence-electron chi connectivity index (χ2n) is 5.44. The molecule has 3 aromatic rings. The smallest absolute Gasteiger partial charge is 0.271 e. The van der Waals surface area contributed by atoms with Crippen molar-refractivity contribution in [1.29, 1.82) is 0 Å². The fraction of sp³-hybridized carbons (Fsp3) is 0.111. The number of benzene rings is 2. The van der Waals surface area contributed by atoms with Gasteiger partial charge in [0.2, 0.25) is 0 Å². The molecular weight excluding hydrogens is 322 g/mol. The summed E-state index contributed by atoms with van der Waals surface area (Å²) in [6, 6.07) is 12.9. The Kier molecular flexibility index (Phi) is 4.30. The normalized spacial score (nSPS) is 10.5. The first-order valence-corrected chi connectivity index (χ1v) is 7.49. The molecule has 0 bridgehead atoms. The summed E-state index contributed by atoms with van der Waals surface area (Å²) in [4.78, 5) is 27.3. The molecule has 126 valence electrons. The summed E-state index contributed by atoms with van der Waals surface area (Å²) in [5.74, 6) is 0.316. The van der Waals surface area contributed by atoms with Crippen LogP contribution >= 0.6 is 0 Å². The average Bonchev–Trinajstić information content (AvgIpc) is 2.60. The molecule has 0 aliphatic carbocycles. The number of methoxy groups -OCH3 is 1. The molecule has 25 heavy (non-hydrogen) atoms. The van der Waals surface area contributed by atoms with E-state index in [1.54, 1.807) is 38.3 Å². The molecule has 0 fully saturated rings. The highest BCUT2D eigenvalue weighted by Crippen LogP contribution is 2.23. The summed E-state index contributed by atoms with van der Waals surface area (Å²) < 4.78 is 5.18. The predicted molar refractivity (Wildman–Crippen MR) is 94.1 cm³/mol. The SMILES string of the molecule is COc1ccc2cc(C(=O)Nc3cccc([N+](=O)[O-])c3)c(C)nc2c1. The molecule has 1 heterocycles. The van der Waals surface area contributed by atoms with Crippen LogP contribution in [-0.4, -0.2) is 22.9 Å². The van der Waals surface area contributed by atoms with E-state index < -0.39 is 4.92 Å². The van der Waals surface area contributed by atoms with Crippen molar-refractivity contribution in [2.45, 2.75) is 6.92 Å². The minimum absolute atomic E-state index is 0.0850. The van der Waals surface area contributed by atoms with Gasteiger partial charge < -0.3 is 10.1 Å². The lowest BCUT2D eigenvalue weighted by atomic mass is 10.1. The number of aryl methyl sites for hydroxylation is 1. The maximum absolute atomic E-state index is 12.5. The number of nitro groups is 1. The number of nitrogens with one attached hydrogen (secondary N) is 1. The van der Waals surface area contributed by atoms with Crippen LogP contribution in [0.1, 0.15) is 16.1 Å². The first kappa shape index (κ1) is 16.4. The fourth-order valence-corrected chi connectivity index (χ4v) is 2.50. The number of nitrogens with zero attached hydrogens (tertiary/aromatic N) is 2. The Labute approximate surface area is 143 Å². The number of non-ortho nitro benzene ring substituents is 1. The number of carbonyl (C=O) groups excluding carboxylic acids is 1. The number of aromatic nitrogens is 1. The number of amides is 1. The third-order valence-corrected chi connectivity index (χ3v) is 3.77. The number of nitro benzene ring substituents is 1. The van der Waals surface area contributed by atoms with Gasteiger partial charge in [-0.15, -0.1) is 0 Å². The van der Waals surface area contributed by atoms with E-state index in [1.807, 2.05) is 6.07 Å². The zero-order valence-corrected chi connectivity index (χ0v) is 13.6. The zero-order valence-electron chi connectivity index (χ0n) is 13.6. The maximum atomic E-state index is 12.5. The van der Waals surface area contributed by atoms with E-state index in [4.69, 9.17) is 4.74 Å². The fourth-order valence-electron chi connectivity index (χ4n) is 2.50. The predicted octanol–water partition coefficient (Wildman–Crippen LogP) is 3.71. The molecule has 7 nitrogen and oxygen atoms in total. The molecule has 1 aromatic heterocycles. The van der Waals surface area contributed by atoms with Gasteiger partial charge in [-0.1, -0.05) is 6.07 Å². The largest absolute Gasteiger partial charge is 0.497 e. The quantitative estimate of drug-likeness (QED) is 0.578. The third kappa shape index (κ3) is 3.40. The van der Waals surface area contributed by atoms with Crippen LogP contribution in [-0.2, 0) is 0 Å². The standard InChI is InChI=1S/C18H15N3O4/c1-11-16(8-12-6-7-15(25-2)10-17(12)19-11)18(22)20-13-4-3-5-14(9-13)21(23)24/h3-10H,1-2H3,(H,20,22). The molecule has 2 aromatic carbocycles. The van der Waals surface area contributed by atoms with Gasteiger partial charge >= 0.3 is 0 Å². The van der Waals surface area contributed by atoms with Crippen molar-refractivity contribution in [2.75, 3.05) is 12.4 Å². The van der Waals surface area contributed by atoms with E-state index in [0.29, 0.717) is 22.7 Å². The van der Waals surface area contributed by atoms with Crippen LogP contribution in [0.3, 0.4) is 0 Å². The number of rotatable bonds is 4. The lowest BCUT2D eigenvalue weighted by Gasteiger charge is -2.09. The summed E-state index contributed by atoms with van der Waals surface area (Å²) >= 11 is 0. The third-order valence-electron chi connectivity index (χ3n) is 3.77. The molecule has 0 atom stereocenters. The van der Waals surface area contributed by atoms with Gasteiger partial charge in [-0.2, -0.15) is 0 Å². The number of anilines is 1. The number of hydrogen-bond acceptors (Lipinski definition) is 5. The first-order valence-electron chi connectivity index (χ1n) is 7.49. The molecular formula is C18H15N3O4. The van der Waals surface area contributed by atoms with Crippen molar-refractivity contribution in [2.24, 2.45) is 0 Å². The second-order valence-corrected chi connectivity index (χ2v) is 5.44. The minimum Gasteiger partial charge on any atom is -0.497 e. The molecule has 3 rings (SSSR count). The number of ether oxygens (including phenoxy) is 1. The van der Waals surface area contributed by atoms with Crippen LogP contribution in [0.5, 0.6) is 5.75 Å². The highest BCUT2D eigenvalue weighted by molar-refractivity contribution is 6.07. The highest BCUT2D eigenvalue weighted by atomic mass is 16.6. The molecule has 7 heteroatoms. The molecule has 0 saturated carbocycles. The van der Waals surface area contributed by atoms with E-state index in [9.17, 15) is 14.9 Å². The number of pyridine rings is 1. The molecule has 1 amide bonds. The molecule has 0 aliphatic rings. The Bertz CT molecular complexity index is 985. The molecule has 0 aliphatic heterocycles. The number of fused-ring (bicyclic) bond motifs is 1. The Morgan fingerprint density at radius 3 is 2.72 bits per heavy atom. The number of hydrogen-bond donors (Lipinski definition) is 1. The van der Waals surface area contributed by atoms with Gasteiger partial charge in [0, 0.05) is 29.3 Å². The van der Waals surface area contributed by atoms with Crippen LogP contribution in [0.4, 0.5) is 11.4 Å². The monoisotopic (exact) mass is 337 g/mol. The molecule has 0 saturated heterocycles. The van der Waals surface area contributed by atoms with Gasteiger partial charge in [-0.25, -0.2) is 0 Å². The van der Waals surface area contributed by atoms with Gasteiger partial charge in [0.05, 0.1) is 28.8 Å². The van der Waals surface area contributed by atoms with Gasteiger partial charge in [-0.05, 0) is 31.2 Å². The van der Waals surface area contributed by atoms with Gasteiger partial charge in [0.15, 0.2) is 0 Å². The van der Waals surface area contributed by atoms with Crippen LogP contribution in [0.2, 0.25) is 0 Å². The minimum atomic E-state index is -0.508. The summed E-state index contributed by atoms with van der Waals surface area (Å²) in [5.41, 5.74) is 1.96. The van der Waals surface area contributed by atoms with Crippen molar-refractivity contribution in [1.82, 2.24) is 4.98 Å². The van der Waals surface area contributed by atoms with Gasteiger partial charge in [0.1, 0.15) is 5.75 Å². The Morgan fingerprint density at radius 1 is 1.20 bits per heavy atom. The number of carbonyl (C=O) groups is 1. The van der Waals surface area contributed by atoms with Crippen LogP contribution < -0.4 is 10.1 Å². The Morgan fingerprint density at radius 2 is 2.00 bits per heavy atom. The first-order chi connectivity index (χ1) is 12.0. The molecule has 0 unspecified atom stereocenters. The summed E-state index contributed by atoms with van der Waals surface area (Å²) in [5, 5.41) is 14.3. The molecule has 0 radical (unpaired) electrons. The summed E-state index contributed by atoms with van der Waals surface area (Å²) in [7, 11) is 1.58. The lowest BCUT2D eigenvalue weighted by Crippen LogP contribution is -2.14. The highest BCUT2D eigenvalue weighted by Gasteiger charge is 2.14. The van der Waals surface area contributed by atoms with Gasteiger partial charge in [0.25, 0.3) is 11.6 Å². The summed E-state index contributed by atoms with van der Waals surface area (Å²) in [6.07, 6.45) is 0.